The lowest BCUT2D eigenvalue weighted by molar-refractivity contribution is -0.384. The largest absolute Gasteiger partial charge is 0.397 e. The Labute approximate surface area is 234 Å². The molecule has 2 heterocycles. The van der Waals surface area contributed by atoms with E-state index in [4.69, 9.17) is 16.7 Å². The Balaban J connectivity index is 0.00000112. The van der Waals surface area contributed by atoms with Gasteiger partial charge in [0.25, 0.3) is 11.6 Å². The van der Waals surface area contributed by atoms with Crippen LogP contribution in [0.2, 0.25) is 5.02 Å². The first kappa shape index (κ1) is 28.4. The first-order valence-corrected chi connectivity index (χ1v) is 13.6. The number of rotatable bonds is 4. The first-order valence-electron chi connectivity index (χ1n) is 12.4. The molecule has 9 nitrogen and oxygen atoms in total. The Morgan fingerprint density at radius 3 is 2.64 bits per heavy atom. The van der Waals surface area contributed by atoms with E-state index in [0.29, 0.717) is 34.8 Å². The fourth-order valence-electron chi connectivity index (χ4n) is 5.00. The minimum atomic E-state index is -0.855. The number of nitro groups is 1. The van der Waals surface area contributed by atoms with E-state index >= 15 is 0 Å². The summed E-state index contributed by atoms with van der Waals surface area (Å²) in [5, 5.41) is 26.0. The van der Waals surface area contributed by atoms with E-state index in [2.05, 4.69) is 15.6 Å². The van der Waals surface area contributed by atoms with Gasteiger partial charge in [-0.05, 0) is 49.4 Å². The molecule has 2 aromatic carbocycles. The number of hydrogen-bond acceptors (Lipinski definition) is 8. The molecule has 0 saturated carbocycles. The minimum absolute atomic E-state index is 0.112. The van der Waals surface area contributed by atoms with Gasteiger partial charge in [0.2, 0.25) is 0 Å². The molecule has 39 heavy (non-hydrogen) atoms. The van der Waals surface area contributed by atoms with Crippen molar-refractivity contribution in [2.45, 2.75) is 46.5 Å². The zero-order valence-corrected chi connectivity index (χ0v) is 23.6. The number of nitrogens with zero attached hydrogens (tertiary/aromatic N) is 2. The molecule has 3 N–H and O–H groups in total. The van der Waals surface area contributed by atoms with Gasteiger partial charge in [0.05, 0.1) is 15.1 Å². The van der Waals surface area contributed by atoms with E-state index in [0.717, 1.165) is 15.9 Å². The summed E-state index contributed by atoms with van der Waals surface area (Å²) >= 11 is 7.90. The number of anilines is 1. The molecule has 2 aliphatic rings. The van der Waals surface area contributed by atoms with Crippen molar-refractivity contribution in [3.05, 3.63) is 85.7 Å². The number of nitro benzene ring substituents is 1. The average Bonchev–Trinajstić information content (AvgIpc) is 3.25. The molecule has 1 aliphatic heterocycles. The van der Waals surface area contributed by atoms with Crippen LogP contribution >= 0.6 is 22.9 Å². The van der Waals surface area contributed by atoms with Gasteiger partial charge in [-0.2, -0.15) is 0 Å². The Morgan fingerprint density at radius 2 is 1.97 bits per heavy atom. The average molecular weight is 569 g/mol. The lowest BCUT2D eigenvalue weighted by Gasteiger charge is -2.39. The highest BCUT2D eigenvalue weighted by atomic mass is 35.5. The summed E-state index contributed by atoms with van der Waals surface area (Å²) in [6.45, 7) is 7.72. The molecule has 204 valence electrons. The number of aliphatic hydroxyl groups excluding tert-OH is 1. The van der Waals surface area contributed by atoms with Gasteiger partial charge in [0.1, 0.15) is 0 Å². The van der Waals surface area contributed by atoms with Crippen LogP contribution < -0.4 is 10.6 Å². The number of Topliss-reactive ketones (excluding diaryl/α,β-unsaturated/α-hetero) is 1. The number of ketones is 1. The summed E-state index contributed by atoms with van der Waals surface area (Å²) in [5.74, 6) is -1.42. The van der Waals surface area contributed by atoms with Crippen molar-refractivity contribution in [2.24, 2.45) is 5.41 Å². The number of thiazole rings is 1. The van der Waals surface area contributed by atoms with Crippen molar-refractivity contribution >= 4 is 55.7 Å². The minimum Gasteiger partial charge on any atom is -0.397 e. The quantitative estimate of drug-likeness (QED) is 0.256. The van der Waals surface area contributed by atoms with E-state index in [9.17, 15) is 19.7 Å². The van der Waals surface area contributed by atoms with Gasteiger partial charge < -0.3 is 10.4 Å². The van der Waals surface area contributed by atoms with Crippen LogP contribution in [0.3, 0.4) is 0 Å². The molecule has 0 fully saturated rings. The predicted molar refractivity (Wildman–Crippen MR) is 153 cm³/mol. The number of nitrogens with one attached hydrogen (secondary N) is 2. The van der Waals surface area contributed by atoms with Gasteiger partial charge in [-0.1, -0.05) is 48.9 Å². The molecule has 0 saturated heterocycles. The Bertz CT molecular complexity index is 1510. The van der Waals surface area contributed by atoms with Crippen LogP contribution in [0.15, 0.2) is 65.0 Å². The number of allylic oxidation sites excluding steroid dienone is 3. The number of aromatic nitrogens is 1. The smallest absolute Gasteiger partial charge is 0.269 e. The van der Waals surface area contributed by atoms with E-state index in [-0.39, 0.29) is 34.1 Å². The fourth-order valence-corrected chi connectivity index (χ4v) is 6.09. The van der Waals surface area contributed by atoms with E-state index in [1.807, 2.05) is 38.1 Å². The highest BCUT2D eigenvalue weighted by molar-refractivity contribution is 7.22. The normalized spacial score (nSPS) is 18.2. The molecule has 1 atom stereocenters. The zero-order chi connectivity index (χ0) is 28.5. The number of aliphatic hydroxyl groups is 1. The van der Waals surface area contributed by atoms with Crippen molar-refractivity contribution in [1.29, 1.82) is 0 Å². The number of dihydropyridines is 1. The summed E-state index contributed by atoms with van der Waals surface area (Å²) in [6, 6.07) is 11.6. The Hall–Kier alpha value is -3.60. The maximum atomic E-state index is 13.7. The number of halogens is 1. The second-order valence-electron chi connectivity index (χ2n) is 10.1. The summed E-state index contributed by atoms with van der Waals surface area (Å²) in [4.78, 5) is 42.7. The number of carbonyl (C=O) groups is 2. The third-order valence-corrected chi connectivity index (χ3v) is 7.80. The van der Waals surface area contributed by atoms with E-state index < -0.39 is 16.7 Å². The third kappa shape index (κ3) is 5.88. The molecular formula is C28H29ClN4O5S. The number of amides is 1. The number of non-ortho nitro benzene ring substituents is 1. The van der Waals surface area contributed by atoms with Crippen LogP contribution in [0.5, 0.6) is 0 Å². The summed E-state index contributed by atoms with van der Waals surface area (Å²) in [5.41, 5.74) is 2.67. The van der Waals surface area contributed by atoms with Crippen molar-refractivity contribution in [3.63, 3.8) is 0 Å². The number of carbonyl (C=O) groups excluding carboxylic acids is 2. The van der Waals surface area contributed by atoms with Crippen LogP contribution in [0, 0.1) is 15.5 Å². The zero-order valence-electron chi connectivity index (χ0n) is 22.0. The molecule has 11 heteroatoms. The van der Waals surface area contributed by atoms with Gasteiger partial charge in [0, 0.05) is 58.6 Å². The standard InChI is InChI=1S/C26H23ClN4O4S.C2H6O/c1-13-21(24(33)30-25-29-17-6-4-5-7-20(17)36-25)22(15-10-14(31(34)35)8-9-16(15)27)23-18(28-13)11-26(2,3)12-19(23)32;1-2-3/h4-10,22,28H,11-12H2,1-3H3,(H,29,30,33);3H,2H2,1H3. The Morgan fingerprint density at radius 1 is 1.28 bits per heavy atom. The molecule has 1 amide bonds. The maximum absolute atomic E-state index is 13.7. The topological polar surface area (TPSA) is 134 Å². The lowest BCUT2D eigenvalue weighted by atomic mass is 9.68. The predicted octanol–water partition coefficient (Wildman–Crippen LogP) is 6.10. The van der Waals surface area contributed by atoms with E-state index in [1.54, 1.807) is 13.8 Å². The second-order valence-corrected chi connectivity index (χ2v) is 11.6. The molecule has 3 aromatic rings. The van der Waals surface area contributed by atoms with Gasteiger partial charge in [-0.15, -0.1) is 0 Å². The van der Waals surface area contributed by atoms with E-state index in [1.165, 1.54) is 29.5 Å². The second kappa shape index (κ2) is 11.3. The molecule has 1 aliphatic carbocycles. The van der Waals surface area contributed by atoms with Crippen molar-refractivity contribution in [3.8, 4) is 0 Å². The van der Waals surface area contributed by atoms with Crippen LogP contribution in [0.4, 0.5) is 10.8 Å². The third-order valence-electron chi connectivity index (χ3n) is 6.50. The van der Waals surface area contributed by atoms with Gasteiger partial charge in [0.15, 0.2) is 10.9 Å². The van der Waals surface area contributed by atoms with Crippen molar-refractivity contribution in [2.75, 3.05) is 11.9 Å². The Kier molecular flexibility index (Phi) is 8.20. The number of para-hydroxylation sites is 1. The summed E-state index contributed by atoms with van der Waals surface area (Å²) < 4.78 is 0.924. The fraction of sp³-hybridized carbons (Fsp3) is 0.321. The molecule has 0 spiro atoms. The van der Waals surface area contributed by atoms with Crippen molar-refractivity contribution in [1.82, 2.24) is 10.3 Å². The van der Waals surface area contributed by atoms with Crippen LogP contribution in [-0.2, 0) is 9.59 Å². The molecule has 5 rings (SSSR count). The van der Waals surface area contributed by atoms with Crippen LogP contribution in [-0.4, -0.2) is 33.3 Å². The highest BCUT2D eigenvalue weighted by Gasteiger charge is 2.43. The first-order chi connectivity index (χ1) is 18.5. The van der Waals surface area contributed by atoms with Gasteiger partial charge in [-0.25, -0.2) is 4.98 Å². The molecule has 1 aromatic heterocycles. The van der Waals surface area contributed by atoms with Crippen molar-refractivity contribution < 1.29 is 19.6 Å². The number of benzene rings is 2. The van der Waals surface area contributed by atoms with Crippen LogP contribution in [0.25, 0.3) is 10.2 Å². The lowest BCUT2D eigenvalue weighted by Crippen LogP contribution is -2.39. The molecular weight excluding hydrogens is 540 g/mol. The van der Waals surface area contributed by atoms with Crippen LogP contribution in [0.1, 0.15) is 52.0 Å². The monoisotopic (exact) mass is 568 g/mol. The van der Waals surface area contributed by atoms with Gasteiger partial charge >= 0.3 is 0 Å². The molecule has 1 unspecified atom stereocenters. The van der Waals surface area contributed by atoms with Gasteiger partial charge in [-0.3, -0.25) is 25.0 Å². The molecule has 0 radical (unpaired) electrons. The molecule has 0 bridgehead atoms. The summed E-state index contributed by atoms with van der Waals surface area (Å²) in [6.07, 6.45) is 0.892. The highest BCUT2D eigenvalue weighted by Crippen LogP contribution is 2.48. The maximum Gasteiger partial charge on any atom is 0.269 e. The number of hydrogen-bond donors (Lipinski definition) is 3. The SMILES string of the molecule is CC1=C(C(=O)Nc2nc3ccccc3s2)C(c2cc([N+](=O)[O-])ccc2Cl)C2=C(CC(C)(C)CC2=O)N1.CCO. The number of fused-ring (bicyclic) bond motifs is 1. The summed E-state index contributed by atoms with van der Waals surface area (Å²) in [7, 11) is 0.